The number of hydrogen-bond acceptors (Lipinski definition) is 5. The van der Waals surface area contributed by atoms with Crippen molar-refractivity contribution < 1.29 is 19.4 Å². The number of thiophene rings is 1. The number of aliphatic hydroxyl groups is 1. The van der Waals surface area contributed by atoms with E-state index in [9.17, 15) is 9.90 Å². The Balaban J connectivity index is 1.52. The molecule has 1 aromatic carbocycles. The van der Waals surface area contributed by atoms with Gasteiger partial charge in [0.15, 0.2) is 18.1 Å². The first-order valence-electron chi connectivity index (χ1n) is 7.86. The summed E-state index contributed by atoms with van der Waals surface area (Å²) in [6.07, 6.45) is 0.123. The second-order valence-corrected chi connectivity index (χ2v) is 7.39. The summed E-state index contributed by atoms with van der Waals surface area (Å²) in [5, 5.41) is 14.5. The molecule has 0 radical (unpaired) electrons. The topological polar surface area (TPSA) is 67.8 Å². The van der Waals surface area contributed by atoms with Crippen LogP contribution in [-0.2, 0) is 11.2 Å². The van der Waals surface area contributed by atoms with Crippen LogP contribution < -0.4 is 14.8 Å². The molecule has 5 nitrogen and oxygen atoms in total. The van der Waals surface area contributed by atoms with Crippen LogP contribution in [0.2, 0.25) is 0 Å². The monoisotopic (exact) mass is 347 g/mol. The van der Waals surface area contributed by atoms with E-state index in [1.54, 1.807) is 6.07 Å². The van der Waals surface area contributed by atoms with Gasteiger partial charge < -0.3 is 19.9 Å². The molecule has 24 heavy (non-hydrogen) atoms. The Morgan fingerprint density at radius 1 is 1.42 bits per heavy atom. The molecule has 6 heteroatoms. The third-order valence-corrected chi connectivity index (χ3v) is 4.75. The number of carbonyl (C=O) groups excluding carboxylic acids is 1. The number of para-hydroxylation sites is 1. The maximum atomic E-state index is 11.9. The predicted octanol–water partition coefficient (Wildman–Crippen LogP) is 2.69. The fraction of sp³-hybridized carbons (Fsp3) is 0.389. The molecule has 2 heterocycles. The average Bonchev–Trinajstić information content (AvgIpc) is 3.16. The third-order valence-electron chi connectivity index (χ3n) is 3.78. The fourth-order valence-electron chi connectivity index (χ4n) is 2.69. The zero-order chi connectivity index (χ0) is 17.2. The molecule has 0 aliphatic carbocycles. The molecular formula is C18H21NO4S. The summed E-state index contributed by atoms with van der Waals surface area (Å²) in [6, 6.07) is 9.41. The quantitative estimate of drug-likeness (QED) is 0.843. The van der Waals surface area contributed by atoms with Gasteiger partial charge in [0.2, 0.25) is 0 Å². The van der Waals surface area contributed by atoms with Gasteiger partial charge in [0.25, 0.3) is 5.91 Å². The molecule has 2 aromatic rings. The van der Waals surface area contributed by atoms with Crippen LogP contribution in [0.1, 0.15) is 30.4 Å². The van der Waals surface area contributed by atoms with Crippen molar-refractivity contribution in [3.63, 3.8) is 0 Å². The van der Waals surface area contributed by atoms with Crippen LogP contribution in [0.3, 0.4) is 0 Å². The molecule has 128 valence electrons. The summed E-state index contributed by atoms with van der Waals surface area (Å²) >= 11 is 1.46. The van der Waals surface area contributed by atoms with Crippen molar-refractivity contribution in [3.05, 3.63) is 46.2 Å². The van der Waals surface area contributed by atoms with Gasteiger partial charge in [0.1, 0.15) is 11.7 Å². The van der Waals surface area contributed by atoms with Crippen LogP contribution in [0.4, 0.5) is 0 Å². The van der Waals surface area contributed by atoms with Crippen molar-refractivity contribution in [1.29, 1.82) is 0 Å². The average molecular weight is 347 g/mol. The normalized spacial score (nSPS) is 16.1. The number of aliphatic hydroxyl groups excluding tert-OH is 1. The van der Waals surface area contributed by atoms with Crippen LogP contribution in [-0.4, -0.2) is 29.8 Å². The molecule has 0 bridgehead atoms. The molecule has 3 rings (SSSR count). The summed E-state index contributed by atoms with van der Waals surface area (Å²) in [4.78, 5) is 12.8. The Morgan fingerprint density at radius 2 is 2.25 bits per heavy atom. The van der Waals surface area contributed by atoms with Crippen LogP contribution >= 0.6 is 11.3 Å². The van der Waals surface area contributed by atoms with E-state index in [2.05, 4.69) is 5.32 Å². The summed E-state index contributed by atoms with van der Waals surface area (Å²) in [6.45, 7) is 4.10. The Bertz CT molecular complexity index is 712. The van der Waals surface area contributed by atoms with Gasteiger partial charge in [0, 0.05) is 23.4 Å². The van der Waals surface area contributed by atoms with Crippen molar-refractivity contribution in [1.82, 2.24) is 5.32 Å². The first-order valence-corrected chi connectivity index (χ1v) is 8.74. The van der Waals surface area contributed by atoms with E-state index in [-0.39, 0.29) is 24.7 Å². The van der Waals surface area contributed by atoms with Gasteiger partial charge >= 0.3 is 0 Å². The summed E-state index contributed by atoms with van der Waals surface area (Å²) in [7, 11) is 0. The van der Waals surface area contributed by atoms with Gasteiger partial charge in [0.05, 0.1) is 0 Å². The van der Waals surface area contributed by atoms with Crippen molar-refractivity contribution >= 4 is 17.2 Å². The second-order valence-electron chi connectivity index (χ2n) is 6.41. The highest BCUT2D eigenvalue weighted by Gasteiger charge is 2.32. The smallest absolute Gasteiger partial charge is 0.258 e. The molecule has 0 saturated heterocycles. The summed E-state index contributed by atoms with van der Waals surface area (Å²) in [5.41, 5.74) is 0.834. The van der Waals surface area contributed by atoms with Crippen molar-refractivity contribution in [2.45, 2.75) is 32.0 Å². The van der Waals surface area contributed by atoms with E-state index in [4.69, 9.17) is 9.47 Å². The lowest BCUT2D eigenvalue weighted by Crippen LogP contribution is -2.32. The van der Waals surface area contributed by atoms with Gasteiger partial charge in [-0.3, -0.25) is 4.79 Å². The number of fused-ring (bicyclic) bond motifs is 1. The standard InChI is InChI=1S/C18H21NO4S/c1-18(2)9-12-5-3-6-14(17(12)23-18)22-11-16(21)19-10-13(20)15-7-4-8-24-15/h3-8,13,20H,9-11H2,1-2H3,(H,19,21). The zero-order valence-electron chi connectivity index (χ0n) is 13.7. The lowest BCUT2D eigenvalue weighted by molar-refractivity contribution is -0.123. The minimum atomic E-state index is -0.695. The van der Waals surface area contributed by atoms with E-state index >= 15 is 0 Å². The number of hydrogen-bond donors (Lipinski definition) is 2. The minimum Gasteiger partial charge on any atom is -0.483 e. The van der Waals surface area contributed by atoms with Crippen LogP contribution in [0.15, 0.2) is 35.7 Å². The molecule has 1 amide bonds. The predicted molar refractivity (Wildman–Crippen MR) is 92.6 cm³/mol. The lowest BCUT2D eigenvalue weighted by atomic mass is 10.0. The van der Waals surface area contributed by atoms with Crippen LogP contribution in [0.5, 0.6) is 11.5 Å². The highest BCUT2D eigenvalue weighted by Crippen LogP contribution is 2.41. The highest BCUT2D eigenvalue weighted by molar-refractivity contribution is 7.10. The van der Waals surface area contributed by atoms with Gasteiger partial charge in [-0.2, -0.15) is 0 Å². The van der Waals surface area contributed by atoms with Gasteiger partial charge in [-0.25, -0.2) is 0 Å². The summed E-state index contributed by atoms with van der Waals surface area (Å²) in [5.74, 6) is 1.02. The van der Waals surface area contributed by atoms with Crippen LogP contribution in [0.25, 0.3) is 0 Å². The maximum absolute atomic E-state index is 11.9. The second kappa shape index (κ2) is 6.83. The first-order chi connectivity index (χ1) is 11.4. The van der Waals surface area contributed by atoms with Crippen molar-refractivity contribution in [2.24, 2.45) is 0 Å². The fourth-order valence-corrected chi connectivity index (χ4v) is 3.40. The third kappa shape index (κ3) is 3.88. The van der Waals surface area contributed by atoms with E-state index in [1.165, 1.54) is 11.3 Å². The number of ether oxygens (including phenoxy) is 2. The van der Waals surface area contributed by atoms with E-state index in [1.807, 2.05) is 43.5 Å². The number of amides is 1. The lowest BCUT2D eigenvalue weighted by Gasteiger charge is -2.18. The number of rotatable bonds is 6. The van der Waals surface area contributed by atoms with Crippen molar-refractivity contribution in [2.75, 3.05) is 13.2 Å². The maximum Gasteiger partial charge on any atom is 0.258 e. The first kappa shape index (κ1) is 16.8. The zero-order valence-corrected chi connectivity index (χ0v) is 14.6. The minimum absolute atomic E-state index is 0.114. The molecule has 2 N–H and O–H groups in total. The van der Waals surface area contributed by atoms with Crippen LogP contribution in [0, 0.1) is 0 Å². The van der Waals surface area contributed by atoms with Gasteiger partial charge in [-0.15, -0.1) is 11.3 Å². The Morgan fingerprint density at radius 3 is 3.00 bits per heavy atom. The molecule has 1 aliphatic rings. The molecule has 1 aromatic heterocycles. The molecule has 0 spiro atoms. The molecule has 1 unspecified atom stereocenters. The van der Waals surface area contributed by atoms with Crippen molar-refractivity contribution in [3.8, 4) is 11.5 Å². The molecule has 1 aliphatic heterocycles. The van der Waals surface area contributed by atoms with Gasteiger partial charge in [-0.05, 0) is 31.4 Å². The number of carbonyl (C=O) groups is 1. The van der Waals surface area contributed by atoms with E-state index in [0.29, 0.717) is 11.5 Å². The number of nitrogens with one attached hydrogen (secondary N) is 1. The Kier molecular flexibility index (Phi) is 4.78. The van der Waals surface area contributed by atoms with Gasteiger partial charge in [-0.1, -0.05) is 18.2 Å². The molecule has 0 fully saturated rings. The SMILES string of the molecule is CC1(C)Cc2cccc(OCC(=O)NCC(O)c3cccs3)c2O1. The Labute approximate surface area is 145 Å². The molecule has 0 saturated carbocycles. The van der Waals surface area contributed by atoms with E-state index in [0.717, 1.165) is 16.9 Å². The number of benzene rings is 1. The molecular weight excluding hydrogens is 326 g/mol. The Hall–Kier alpha value is -2.05. The highest BCUT2D eigenvalue weighted by atomic mass is 32.1. The largest absolute Gasteiger partial charge is 0.483 e. The van der Waals surface area contributed by atoms with E-state index < -0.39 is 6.10 Å². The molecule has 1 atom stereocenters. The summed E-state index contributed by atoms with van der Waals surface area (Å²) < 4.78 is 11.5.